The van der Waals surface area contributed by atoms with Crippen LogP contribution in [0.4, 0.5) is 5.69 Å². The monoisotopic (exact) mass is 559 g/mol. The maximum absolute atomic E-state index is 13.7. The zero-order valence-electron chi connectivity index (χ0n) is 22.6. The third-order valence-corrected chi connectivity index (χ3v) is 6.52. The number of nitro groups is 1. The minimum atomic E-state index is -0.875. The summed E-state index contributed by atoms with van der Waals surface area (Å²) in [6, 6.07) is 13.6. The molecule has 2 aromatic carbocycles. The normalized spacial score (nSPS) is 14.8. The number of rotatable bonds is 8. The van der Waals surface area contributed by atoms with Crippen molar-refractivity contribution in [2.24, 2.45) is 4.99 Å². The van der Waals surface area contributed by atoms with Gasteiger partial charge in [0.05, 0.1) is 48.6 Å². The number of hydrogen-bond acceptors (Lipinski definition) is 10. The summed E-state index contributed by atoms with van der Waals surface area (Å²) in [6.07, 6.45) is 1.37. The molecule has 0 spiro atoms. The molecule has 0 saturated heterocycles. The van der Waals surface area contributed by atoms with Gasteiger partial charge >= 0.3 is 11.7 Å². The van der Waals surface area contributed by atoms with E-state index in [0.717, 1.165) is 0 Å². The fourth-order valence-electron chi connectivity index (χ4n) is 4.60. The maximum atomic E-state index is 13.7. The Morgan fingerprint density at radius 3 is 2.44 bits per heavy atom. The second kappa shape index (κ2) is 11.0. The van der Waals surface area contributed by atoms with Crippen LogP contribution in [-0.2, 0) is 9.53 Å². The molecule has 4 aromatic rings. The average molecular weight is 560 g/mol. The highest BCUT2D eigenvalue weighted by Gasteiger charge is 2.34. The number of furan rings is 1. The molecule has 1 unspecified atom stereocenters. The summed E-state index contributed by atoms with van der Waals surface area (Å²) in [4.78, 5) is 42.2. The van der Waals surface area contributed by atoms with E-state index in [1.807, 2.05) is 0 Å². The molecule has 0 fully saturated rings. The van der Waals surface area contributed by atoms with Gasteiger partial charge in [-0.2, -0.15) is 0 Å². The van der Waals surface area contributed by atoms with Gasteiger partial charge in [-0.1, -0.05) is 12.1 Å². The van der Waals surface area contributed by atoms with Crippen molar-refractivity contribution in [2.45, 2.75) is 19.9 Å². The molecule has 5 rings (SSSR count). The zero-order valence-corrected chi connectivity index (χ0v) is 22.6. The molecule has 41 heavy (non-hydrogen) atoms. The van der Waals surface area contributed by atoms with Crippen LogP contribution in [0.25, 0.3) is 17.4 Å². The van der Waals surface area contributed by atoms with Gasteiger partial charge in [0, 0.05) is 6.08 Å². The first-order valence-electron chi connectivity index (χ1n) is 12.5. The fourth-order valence-corrected chi connectivity index (χ4v) is 4.60. The average Bonchev–Trinajstić information content (AvgIpc) is 3.56. The predicted molar refractivity (Wildman–Crippen MR) is 145 cm³/mol. The summed E-state index contributed by atoms with van der Waals surface area (Å²) in [5.74, 6) is 0.757. The molecule has 2 aromatic heterocycles. The molecule has 210 valence electrons. The summed E-state index contributed by atoms with van der Waals surface area (Å²) in [5.41, 5.74) is 0.517. The van der Waals surface area contributed by atoms with Gasteiger partial charge < -0.3 is 23.0 Å². The second-order valence-corrected chi connectivity index (χ2v) is 8.92. The summed E-state index contributed by atoms with van der Waals surface area (Å²) in [7, 11) is 2.95. The number of aromatic nitrogens is 1. The summed E-state index contributed by atoms with van der Waals surface area (Å²) in [6.45, 7) is 3.48. The van der Waals surface area contributed by atoms with Gasteiger partial charge in [0.25, 0.3) is 11.2 Å². The van der Waals surface area contributed by atoms with Gasteiger partial charge in [0.2, 0.25) is 0 Å². The Kier molecular flexibility index (Phi) is 7.30. The Balaban J connectivity index is 1.62. The Bertz CT molecular complexity index is 1860. The molecule has 1 aliphatic heterocycles. The van der Waals surface area contributed by atoms with E-state index in [2.05, 4.69) is 4.99 Å². The number of methoxy groups -OCH3 is 2. The lowest BCUT2D eigenvalue weighted by Crippen LogP contribution is -2.39. The van der Waals surface area contributed by atoms with Crippen molar-refractivity contribution in [1.82, 2.24) is 4.57 Å². The molecule has 3 heterocycles. The van der Waals surface area contributed by atoms with Crippen molar-refractivity contribution in [1.29, 1.82) is 0 Å². The van der Waals surface area contributed by atoms with Crippen LogP contribution >= 0.6 is 0 Å². The Morgan fingerprint density at radius 2 is 1.78 bits per heavy atom. The lowest BCUT2D eigenvalue weighted by molar-refractivity contribution is -0.384. The number of fused-ring (bicyclic) bond motifs is 1. The molecule has 12 nitrogen and oxygen atoms in total. The summed E-state index contributed by atoms with van der Waals surface area (Å²) < 4.78 is 28.6. The number of allylic oxidation sites excluding steroid dienone is 1. The fraction of sp³-hybridized carbons (Fsp3) is 0.207. The molecule has 0 amide bonds. The van der Waals surface area contributed by atoms with Crippen molar-refractivity contribution in [3.8, 4) is 22.8 Å². The lowest BCUT2D eigenvalue weighted by Gasteiger charge is -2.23. The first kappa shape index (κ1) is 27.2. The van der Waals surface area contributed by atoms with Gasteiger partial charge in [0.15, 0.2) is 5.42 Å². The second-order valence-electron chi connectivity index (χ2n) is 8.92. The Morgan fingerprint density at radius 1 is 1.07 bits per heavy atom. The topological polar surface area (TPSA) is 149 Å². The first-order chi connectivity index (χ1) is 19.7. The van der Waals surface area contributed by atoms with E-state index in [9.17, 15) is 19.7 Å². The van der Waals surface area contributed by atoms with E-state index < -0.39 is 22.5 Å². The third kappa shape index (κ3) is 5.02. The number of oxazole rings is 1. The van der Waals surface area contributed by atoms with E-state index in [0.29, 0.717) is 22.8 Å². The van der Waals surface area contributed by atoms with Crippen molar-refractivity contribution >= 4 is 17.7 Å². The lowest BCUT2D eigenvalue weighted by atomic mass is 9.96. The highest BCUT2D eigenvalue weighted by atomic mass is 16.6. The number of carbonyl (C=O) groups excluding carboxylic acids is 1. The minimum absolute atomic E-state index is 0.00908. The highest BCUT2D eigenvalue weighted by molar-refractivity contribution is 5.91. The molecular formula is C29H25N3O9. The number of nitro benzene ring substituents is 1. The predicted octanol–water partition coefficient (Wildman–Crippen LogP) is 3.52. The molecule has 12 heteroatoms. The van der Waals surface area contributed by atoms with Crippen molar-refractivity contribution in [2.75, 3.05) is 20.8 Å². The molecular weight excluding hydrogens is 534 g/mol. The van der Waals surface area contributed by atoms with Crippen LogP contribution in [0.5, 0.6) is 11.5 Å². The molecule has 0 radical (unpaired) electrons. The smallest absolute Gasteiger partial charge is 0.338 e. The van der Waals surface area contributed by atoms with E-state index in [4.69, 9.17) is 23.0 Å². The van der Waals surface area contributed by atoms with Crippen molar-refractivity contribution < 1.29 is 32.8 Å². The highest BCUT2D eigenvalue weighted by Crippen LogP contribution is 2.34. The van der Waals surface area contributed by atoms with E-state index in [1.54, 1.807) is 56.3 Å². The standard InChI is InChI=1S/C29H25N3O9/c1-5-39-28(34)25-16(2)30-29-31(26(25)17-6-8-18(37-3)9-7-17)27(33)24(41-29)15-20-11-13-23(40-20)21-12-10-19(38-4)14-22(21)32(35)36/h6-15,26H,5H2,1-4H3. The number of benzene rings is 2. The van der Waals surface area contributed by atoms with Crippen LogP contribution in [0, 0.1) is 10.1 Å². The number of ether oxygens (including phenoxy) is 3. The summed E-state index contributed by atoms with van der Waals surface area (Å²) >= 11 is 0. The van der Waals surface area contributed by atoms with Crippen LogP contribution in [-0.4, -0.2) is 36.3 Å². The molecule has 0 aliphatic carbocycles. The third-order valence-electron chi connectivity index (χ3n) is 6.52. The molecule has 0 saturated carbocycles. The van der Waals surface area contributed by atoms with Crippen LogP contribution in [0.3, 0.4) is 0 Å². The largest absolute Gasteiger partial charge is 0.497 e. The number of esters is 1. The van der Waals surface area contributed by atoms with Crippen molar-refractivity contribution in [3.05, 3.63) is 109 Å². The quantitative estimate of drug-likeness (QED) is 0.180. The molecule has 0 N–H and O–H groups in total. The van der Waals surface area contributed by atoms with Crippen LogP contribution in [0.15, 0.2) is 84.5 Å². The van der Waals surface area contributed by atoms with E-state index in [-0.39, 0.29) is 46.1 Å². The van der Waals surface area contributed by atoms with E-state index >= 15 is 0 Å². The number of hydrogen-bond donors (Lipinski definition) is 0. The minimum Gasteiger partial charge on any atom is -0.497 e. The van der Waals surface area contributed by atoms with Crippen LogP contribution in [0.2, 0.25) is 0 Å². The Labute approximate surface area is 232 Å². The van der Waals surface area contributed by atoms with Gasteiger partial charge in [-0.05, 0) is 55.8 Å². The van der Waals surface area contributed by atoms with Gasteiger partial charge in [-0.15, -0.1) is 0 Å². The van der Waals surface area contributed by atoms with Crippen LogP contribution in [0.1, 0.15) is 31.2 Å². The molecule has 1 atom stereocenters. The van der Waals surface area contributed by atoms with Gasteiger partial charge in [-0.3, -0.25) is 14.9 Å². The molecule has 0 bridgehead atoms. The SMILES string of the molecule is CCOC(=O)C1=C(C)N=c2oc(=Cc3ccc(-c4ccc(OC)cc4[N+](=O)[O-])o3)c(=O)n2C1c1ccc(OC)cc1. The Hall–Kier alpha value is -5.39. The number of nitrogens with zero attached hydrogens (tertiary/aromatic N) is 3. The van der Waals surface area contributed by atoms with Crippen molar-refractivity contribution in [3.63, 3.8) is 0 Å². The maximum Gasteiger partial charge on any atom is 0.338 e. The molecule has 1 aliphatic rings. The zero-order chi connectivity index (χ0) is 29.3. The van der Waals surface area contributed by atoms with Gasteiger partial charge in [0.1, 0.15) is 29.1 Å². The first-order valence-corrected chi connectivity index (χ1v) is 12.5. The van der Waals surface area contributed by atoms with Gasteiger partial charge in [-0.25, -0.2) is 14.4 Å². The summed E-state index contributed by atoms with van der Waals surface area (Å²) in [5, 5.41) is 11.6. The van der Waals surface area contributed by atoms with E-state index in [1.165, 1.54) is 37.0 Å². The number of carbonyl (C=O) groups is 1. The van der Waals surface area contributed by atoms with Crippen LogP contribution < -0.4 is 26.1 Å².